The molecular formula is C14H25N5S. The van der Waals surface area contributed by atoms with E-state index >= 15 is 0 Å². The quantitative estimate of drug-likeness (QED) is 0.595. The third kappa shape index (κ3) is 4.24. The Morgan fingerprint density at radius 1 is 1.25 bits per heavy atom. The monoisotopic (exact) mass is 295 g/mol. The summed E-state index contributed by atoms with van der Waals surface area (Å²) in [4.78, 5) is 11.5. The van der Waals surface area contributed by atoms with Gasteiger partial charge >= 0.3 is 0 Å². The second-order valence-electron chi connectivity index (χ2n) is 5.13. The Morgan fingerprint density at radius 3 is 2.50 bits per heavy atom. The lowest BCUT2D eigenvalue weighted by Crippen LogP contribution is -2.35. The second kappa shape index (κ2) is 7.69. The van der Waals surface area contributed by atoms with E-state index in [2.05, 4.69) is 39.3 Å². The highest BCUT2D eigenvalue weighted by atomic mass is 32.2. The fraction of sp³-hybridized carbons (Fsp3) is 0.714. The molecule has 2 rings (SSSR count). The van der Waals surface area contributed by atoms with Gasteiger partial charge in [-0.25, -0.2) is 9.97 Å². The number of likely N-dealkylation sites (tertiary alicyclic amines) is 1. The summed E-state index contributed by atoms with van der Waals surface area (Å²) >= 11 is 1.57. The van der Waals surface area contributed by atoms with Gasteiger partial charge in [-0.15, -0.1) is 0 Å². The van der Waals surface area contributed by atoms with E-state index in [0.717, 1.165) is 29.9 Å². The average Bonchev–Trinajstić information content (AvgIpc) is 2.99. The summed E-state index contributed by atoms with van der Waals surface area (Å²) < 4.78 is 0. The first-order valence-electron chi connectivity index (χ1n) is 7.37. The molecule has 1 aromatic rings. The number of nitrogens with one attached hydrogen (secondary N) is 2. The van der Waals surface area contributed by atoms with Crippen molar-refractivity contribution in [1.82, 2.24) is 14.9 Å². The molecule has 0 saturated carbocycles. The number of rotatable bonds is 7. The van der Waals surface area contributed by atoms with Gasteiger partial charge in [-0.05, 0) is 46.0 Å². The van der Waals surface area contributed by atoms with Crippen molar-refractivity contribution in [1.29, 1.82) is 0 Å². The van der Waals surface area contributed by atoms with Crippen LogP contribution in [0.2, 0.25) is 0 Å². The smallest absolute Gasteiger partial charge is 0.191 e. The van der Waals surface area contributed by atoms with E-state index in [4.69, 9.17) is 0 Å². The van der Waals surface area contributed by atoms with E-state index in [-0.39, 0.29) is 0 Å². The predicted molar refractivity (Wildman–Crippen MR) is 86.7 cm³/mol. The molecule has 20 heavy (non-hydrogen) atoms. The average molecular weight is 295 g/mol. The molecule has 112 valence electrons. The third-order valence-electron chi connectivity index (χ3n) is 3.59. The number of thioether (sulfide) groups is 1. The number of nitrogens with zero attached hydrogens (tertiary/aromatic N) is 3. The van der Waals surface area contributed by atoms with Crippen LogP contribution < -0.4 is 10.6 Å². The number of anilines is 2. The largest absolute Gasteiger partial charge is 0.370 e. The molecule has 1 fully saturated rings. The molecule has 1 aromatic heterocycles. The Labute approximate surface area is 125 Å². The van der Waals surface area contributed by atoms with E-state index < -0.39 is 0 Å². The van der Waals surface area contributed by atoms with Crippen molar-refractivity contribution in [2.75, 3.05) is 43.1 Å². The van der Waals surface area contributed by atoms with Gasteiger partial charge in [0.15, 0.2) is 5.16 Å². The summed E-state index contributed by atoms with van der Waals surface area (Å²) in [6.45, 7) is 8.60. The van der Waals surface area contributed by atoms with Crippen molar-refractivity contribution in [3.8, 4) is 0 Å². The van der Waals surface area contributed by atoms with Crippen molar-refractivity contribution in [3.63, 3.8) is 0 Å². The van der Waals surface area contributed by atoms with Crippen LogP contribution in [0.5, 0.6) is 0 Å². The first kappa shape index (κ1) is 15.4. The zero-order valence-corrected chi connectivity index (χ0v) is 13.5. The fourth-order valence-corrected chi connectivity index (χ4v) is 2.82. The molecule has 1 saturated heterocycles. The molecule has 1 aliphatic heterocycles. The zero-order valence-electron chi connectivity index (χ0n) is 12.6. The first-order chi connectivity index (χ1) is 9.72. The molecule has 6 heteroatoms. The summed E-state index contributed by atoms with van der Waals surface area (Å²) in [5.41, 5.74) is 0. The van der Waals surface area contributed by atoms with Crippen LogP contribution in [0.15, 0.2) is 11.2 Å². The maximum atomic E-state index is 4.51. The van der Waals surface area contributed by atoms with Crippen molar-refractivity contribution in [2.45, 2.75) is 37.9 Å². The Hall–Kier alpha value is -1.01. The van der Waals surface area contributed by atoms with Gasteiger partial charge in [0.05, 0.1) is 0 Å². The number of aromatic nitrogens is 2. The highest BCUT2D eigenvalue weighted by Gasteiger charge is 2.17. The van der Waals surface area contributed by atoms with Gasteiger partial charge in [0, 0.05) is 25.2 Å². The van der Waals surface area contributed by atoms with Gasteiger partial charge in [0.2, 0.25) is 0 Å². The number of hydrogen-bond acceptors (Lipinski definition) is 6. The molecule has 0 aliphatic carbocycles. The minimum absolute atomic E-state index is 0.549. The standard InChI is InChI=1S/C14H25N5S/c1-4-15-12-9-13(18-14(17-12)20-3)16-10-11(2)19-7-5-6-8-19/h9,11H,4-8,10H2,1-3H3,(H2,15,16,17,18). The van der Waals surface area contributed by atoms with Crippen LogP contribution in [0, 0.1) is 0 Å². The Bertz CT molecular complexity index is 420. The van der Waals surface area contributed by atoms with E-state index in [9.17, 15) is 0 Å². The Morgan fingerprint density at radius 2 is 1.90 bits per heavy atom. The molecule has 0 spiro atoms. The van der Waals surface area contributed by atoms with E-state index in [1.165, 1.54) is 25.9 Å². The summed E-state index contributed by atoms with van der Waals surface area (Å²) in [6.07, 6.45) is 4.67. The van der Waals surface area contributed by atoms with Crippen LogP contribution in [-0.4, -0.2) is 53.3 Å². The molecule has 0 radical (unpaired) electrons. The fourth-order valence-electron chi connectivity index (χ4n) is 2.44. The number of hydrogen-bond donors (Lipinski definition) is 2. The van der Waals surface area contributed by atoms with Crippen LogP contribution >= 0.6 is 11.8 Å². The lowest BCUT2D eigenvalue weighted by Gasteiger charge is -2.24. The molecule has 2 N–H and O–H groups in total. The molecule has 1 aliphatic rings. The Balaban J connectivity index is 1.95. The summed E-state index contributed by atoms with van der Waals surface area (Å²) in [5.74, 6) is 1.80. The zero-order chi connectivity index (χ0) is 14.4. The van der Waals surface area contributed by atoms with Gasteiger partial charge in [0.1, 0.15) is 11.6 Å². The lowest BCUT2D eigenvalue weighted by molar-refractivity contribution is 0.269. The van der Waals surface area contributed by atoms with E-state index in [1.807, 2.05) is 12.3 Å². The summed E-state index contributed by atoms with van der Waals surface area (Å²) in [7, 11) is 0. The predicted octanol–water partition coefficient (Wildman–Crippen LogP) is 2.53. The lowest BCUT2D eigenvalue weighted by atomic mass is 10.3. The first-order valence-corrected chi connectivity index (χ1v) is 8.60. The molecular weight excluding hydrogens is 270 g/mol. The molecule has 0 bridgehead atoms. The van der Waals surface area contributed by atoms with E-state index in [1.54, 1.807) is 11.8 Å². The van der Waals surface area contributed by atoms with Crippen molar-refractivity contribution in [2.24, 2.45) is 0 Å². The maximum Gasteiger partial charge on any atom is 0.191 e. The molecule has 5 nitrogen and oxygen atoms in total. The van der Waals surface area contributed by atoms with Gasteiger partial charge in [-0.3, -0.25) is 4.90 Å². The van der Waals surface area contributed by atoms with Gasteiger partial charge in [-0.2, -0.15) is 0 Å². The normalized spacial score (nSPS) is 17.1. The van der Waals surface area contributed by atoms with Crippen LogP contribution in [-0.2, 0) is 0 Å². The van der Waals surface area contributed by atoms with Gasteiger partial charge < -0.3 is 10.6 Å². The second-order valence-corrected chi connectivity index (χ2v) is 5.90. The highest BCUT2D eigenvalue weighted by Crippen LogP contribution is 2.18. The molecule has 0 amide bonds. The highest BCUT2D eigenvalue weighted by molar-refractivity contribution is 7.98. The Kier molecular flexibility index (Phi) is 5.91. The molecule has 1 unspecified atom stereocenters. The SMILES string of the molecule is CCNc1cc(NCC(C)N2CCCC2)nc(SC)n1. The molecule has 0 aromatic carbocycles. The van der Waals surface area contributed by atoms with Crippen molar-refractivity contribution < 1.29 is 0 Å². The van der Waals surface area contributed by atoms with Crippen molar-refractivity contribution in [3.05, 3.63) is 6.07 Å². The summed E-state index contributed by atoms with van der Waals surface area (Å²) in [6, 6.07) is 2.53. The third-order valence-corrected chi connectivity index (χ3v) is 4.14. The van der Waals surface area contributed by atoms with Gasteiger partial charge in [-0.1, -0.05) is 11.8 Å². The van der Waals surface area contributed by atoms with Crippen molar-refractivity contribution >= 4 is 23.4 Å². The summed E-state index contributed by atoms with van der Waals surface area (Å²) in [5, 5.41) is 7.50. The van der Waals surface area contributed by atoms with Crippen LogP contribution in [0.1, 0.15) is 26.7 Å². The van der Waals surface area contributed by atoms with Crippen LogP contribution in [0.25, 0.3) is 0 Å². The van der Waals surface area contributed by atoms with Gasteiger partial charge in [0.25, 0.3) is 0 Å². The van der Waals surface area contributed by atoms with Crippen LogP contribution in [0.4, 0.5) is 11.6 Å². The minimum Gasteiger partial charge on any atom is -0.370 e. The van der Waals surface area contributed by atoms with Crippen LogP contribution in [0.3, 0.4) is 0 Å². The minimum atomic E-state index is 0.549. The molecule has 1 atom stereocenters. The van der Waals surface area contributed by atoms with E-state index in [0.29, 0.717) is 6.04 Å². The maximum absolute atomic E-state index is 4.51. The topological polar surface area (TPSA) is 53.1 Å². The molecule has 2 heterocycles.